The Morgan fingerprint density at radius 1 is 1.09 bits per heavy atom. The second-order valence-corrected chi connectivity index (χ2v) is 4.77. The monoisotopic (exact) mass is 309 g/mol. The molecule has 0 atom stereocenters. The molecule has 6 nitrogen and oxygen atoms in total. The molecule has 116 valence electrons. The van der Waals surface area contributed by atoms with Gasteiger partial charge in [-0.3, -0.25) is 9.78 Å². The molecule has 2 aromatic rings. The van der Waals surface area contributed by atoms with E-state index in [4.69, 9.17) is 9.47 Å². The third-order valence-corrected chi connectivity index (χ3v) is 3.35. The molecule has 0 bridgehead atoms. The van der Waals surface area contributed by atoms with Crippen molar-refractivity contribution in [1.82, 2.24) is 10.3 Å². The number of hydrogen-bond donors (Lipinski definition) is 1. The number of carbonyl (C=O) groups is 1. The number of nitrogens with one attached hydrogen (secondary N) is 1. The number of aliphatic imine (C=N–C) groups is 1. The number of pyridine rings is 1. The molecule has 1 aliphatic rings. The van der Waals surface area contributed by atoms with Gasteiger partial charge in [0.05, 0.1) is 14.2 Å². The van der Waals surface area contributed by atoms with Crippen LogP contribution in [0, 0.1) is 0 Å². The molecule has 1 aromatic carbocycles. The Morgan fingerprint density at radius 2 is 1.83 bits per heavy atom. The number of ether oxygens (including phenoxy) is 2. The molecule has 0 unspecified atom stereocenters. The molecular formula is C17H15N3O3. The topological polar surface area (TPSA) is 72.8 Å². The van der Waals surface area contributed by atoms with E-state index in [1.807, 2.05) is 12.1 Å². The number of benzene rings is 1. The number of amides is 1. The van der Waals surface area contributed by atoms with Crippen LogP contribution in [-0.4, -0.2) is 30.9 Å². The van der Waals surface area contributed by atoms with Crippen molar-refractivity contribution in [3.05, 3.63) is 59.5 Å². The van der Waals surface area contributed by atoms with Gasteiger partial charge in [-0.1, -0.05) is 12.1 Å². The minimum atomic E-state index is -0.281. The van der Waals surface area contributed by atoms with E-state index in [2.05, 4.69) is 15.3 Å². The normalized spacial score (nSPS) is 15.3. The Hall–Kier alpha value is -3.15. The van der Waals surface area contributed by atoms with E-state index in [-0.39, 0.29) is 5.91 Å². The molecule has 0 spiro atoms. The predicted molar refractivity (Wildman–Crippen MR) is 86.4 cm³/mol. The summed E-state index contributed by atoms with van der Waals surface area (Å²) < 4.78 is 10.7. The minimum Gasteiger partial charge on any atom is -0.496 e. The summed E-state index contributed by atoms with van der Waals surface area (Å²) >= 11 is 0. The van der Waals surface area contributed by atoms with Crippen molar-refractivity contribution in [2.75, 3.05) is 14.2 Å². The second-order valence-electron chi connectivity index (χ2n) is 4.77. The molecule has 0 radical (unpaired) electrons. The fraction of sp³-hybridized carbons (Fsp3) is 0.118. The van der Waals surface area contributed by atoms with Crippen LogP contribution in [-0.2, 0) is 4.79 Å². The van der Waals surface area contributed by atoms with E-state index in [9.17, 15) is 4.79 Å². The third-order valence-electron chi connectivity index (χ3n) is 3.35. The number of methoxy groups -OCH3 is 2. The second kappa shape index (κ2) is 6.31. The highest BCUT2D eigenvalue weighted by Gasteiger charge is 2.26. The molecule has 1 N–H and O–H groups in total. The van der Waals surface area contributed by atoms with Gasteiger partial charge in [0.15, 0.2) is 0 Å². The molecule has 1 amide bonds. The maximum atomic E-state index is 12.2. The van der Waals surface area contributed by atoms with Gasteiger partial charge in [0, 0.05) is 12.4 Å². The molecule has 1 aliphatic heterocycles. The van der Waals surface area contributed by atoms with E-state index < -0.39 is 0 Å². The summed E-state index contributed by atoms with van der Waals surface area (Å²) in [6.45, 7) is 0. The summed E-state index contributed by atoms with van der Waals surface area (Å²) in [6, 6.07) is 9.03. The molecule has 1 aromatic heterocycles. The van der Waals surface area contributed by atoms with Gasteiger partial charge in [0.1, 0.15) is 28.6 Å². The van der Waals surface area contributed by atoms with E-state index in [1.54, 1.807) is 50.9 Å². The molecular weight excluding hydrogens is 294 g/mol. The van der Waals surface area contributed by atoms with Crippen molar-refractivity contribution in [1.29, 1.82) is 0 Å². The van der Waals surface area contributed by atoms with Gasteiger partial charge >= 0.3 is 0 Å². The number of carbonyl (C=O) groups excluding carboxylic acids is 1. The van der Waals surface area contributed by atoms with Crippen LogP contribution in [0.2, 0.25) is 0 Å². The SMILES string of the molecule is COc1cccc(OC)c1C1=N/C(=C/c2cccnc2)C(=O)N1. The minimum absolute atomic E-state index is 0.281. The first-order chi connectivity index (χ1) is 11.2. The summed E-state index contributed by atoms with van der Waals surface area (Å²) in [5, 5.41) is 2.75. The Bertz CT molecular complexity index is 776. The number of aromatic nitrogens is 1. The molecule has 6 heteroatoms. The molecule has 23 heavy (non-hydrogen) atoms. The average Bonchev–Trinajstić information content (AvgIpc) is 2.95. The Labute approximate surface area is 133 Å². The highest BCUT2D eigenvalue weighted by atomic mass is 16.5. The maximum Gasteiger partial charge on any atom is 0.275 e. The van der Waals surface area contributed by atoms with Gasteiger partial charge in [-0.15, -0.1) is 0 Å². The molecule has 0 saturated carbocycles. The standard InChI is InChI=1S/C17H15N3O3/c1-22-13-6-3-7-14(23-2)15(13)16-19-12(17(21)20-16)9-11-5-4-8-18-10-11/h3-10H,1-2H3,(H,19,20,21)/b12-9+. The number of amidine groups is 1. The van der Waals surface area contributed by atoms with Crippen LogP contribution < -0.4 is 14.8 Å². The first-order valence-corrected chi connectivity index (χ1v) is 6.96. The maximum absolute atomic E-state index is 12.2. The lowest BCUT2D eigenvalue weighted by Gasteiger charge is -2.12. The van der Waals surface area contributed by atoms with E-state index in [0.717, 1.165) is 5.56 Å². The lowest BCUT2D eigenvalue weighted by molar-refractivity contribution is -0.115. The number of nitrogens with zero attached hydrogens (tertiary/aromatic N) is 2. The van der Waals surface area contributed by atoms with Gasteiger partial charge in [-0.25, -0.2) is 4.99 Å². The molecule has 0 aliphatic carbocycles. The van der Waals surface area contributed by atoms with Crippen molar-refractivity contribution >= 4 is 17.8 Å². The third kappa shape index (κ3) is 2.91. The van der Waals surface area contributed by atoms with Crippen molar-refractivity contribution < 1.29 is 14.3 Å². The fourth-order valence-corrected chi connectivity index (χ4v) is 2.29. The van der Waals surface area contributed by atoms with Crippen molar-refractivity contribution in [3.63, 3.8) is 0 Å². The lowest BCUT2D eigenvalue weighted by Crippen LogP contribution is -2.25. The lowest BCUT2D eigenvalue weighted by atomic mass is 10.1. The van der Waals surface area contributed by atoms with Crippen molar-refractivity contribution in [2.45, 2.75) is 0 Å². The van der Waals surface area contributed by atoms with Gasteiger partial charge in [-0.2, -0.15) is 0 Å². The predicted octanol–water partition coefficient (Wildman–Crippen LogP) is 2.02. The summed E-state index contributed by atoms with van der Waals surface area (Å²) in [6.07, 6.45) is 5.01. The average molecular weight is 309 g/mol. The Morgan fingerprint density at radius 3 is 2.43 bits per heavy atom. The first kappa shape index (κ1) is 14.8. The number of hydrogen-bond acceptors (Lipinski definition) is 5. The van der Waals surface area contributed by atoms with Crippen LogP contribution in [0.1, 0.15) is 11.1 Å². The number of rotatable bonds is 4. The van der Waals surface area contributed by atoms with Gasteiger partial charge < -0.3 is 14.8 Å². The van der Waals surface area contributed by atoms with Crippen molar-refractivity contribution in [2.24, 2.45) is 4.99 Å². The zero-order chi connectivity index (χ0) is 16.2. The van der Waals surface area contributed by atoms with Gasteiger partial charge in [0.2, 0.25) is 0 Å². The molecule has 2 heterocycles. The first-order valence-electron chi connectivity index (χ1n) is 6.96. The summed E-state index contributed by atoms with van der Waals surface area (Å²) in [5.41, 5.74) is 1.72. The van der Waals surface area contributed by atoms with E-state index in [1.165, 1.54) is 0 Å². The highest BCUT2D eigenvalue weighted by molar-refractivity contribution is 6.21. The quantitative estimate of drug-likeness (QED) is 0.877. The van der Waals surface area contributed by atoms with Crippen LogP contribution in [0.3, 0.4) is 0 Å². The van der Waals surface area contributed by atoms with E-state index >= 15 is 0 Å². The zero-order valence-electron chi connectivity index (χ0n) is 12.7. The van der Waals surface area contributed by atoms with Crippen LogP contribution >= 0.6 is 0 Å². The summed E-state index contributed by atoms with van der Waals surface area (Å²) in [4.78, 5) is 20.6. The van der Waals surface area contributed by atoms with Crippen LogP contribution in [0.4, 0.5) is 0 Å². The Balaban J connectivity index is 2.04. The largest absolute Gasteiger partial charge is 0.496 e. The van der Waals surface area contributed by atoms with Crippen molar-refractivity contribution in [3.8, 4) is 11.5 Å². The highest BCUT2D eigenvalue weighted by Crippen LogP contribution is 2.30. The fourth-order valence-electron chi connectivity index (χ4n) is 2.29. The molecule has 0 saturated heterocycles. The molecule has 0 fully saturated rings. The van der Waals surface area contributed by atoms with Gasteiger partial charge in [-0.05, 0) is 29.8 Å². The molecule has 3 rings (SSSR count). The van der Waals surface area contributed by atoms with Gasteiger partial charge in [0.25, 0.3) is 5.91 Å². The Kier molecular flexibility index (Phi) is 4.05. The van der Waals surface area contributed by atoms with Crippen LogP contribution in [0.5, 0.6) is 11.5 Å². The van der Waals surface area contributed by atoms with Crippen LogP contribution in [0.15, 0.2) is 53.4 Å². The van der Waals surface area contributed by atoms with Crippen LogP contribution in [0.25, 0.3) is 6.08 Å². The summed E-state index contributed by atoms with van der Waals surface area (Å²) in [7, 11) is 3.12. The summed E-state index contributed by atoms with van der Waals surface area (Å²) in [5.74, 6) is 1.27. The zero-order valence-corrected chi connectivity index (χ0v) is 12.7. The van der Waals surface area contributed by atoms with E-state index in [0.29, 0.717) is 28.6 Å². The smallest absolute Gasteiger partial charge is 0.275 e.